The first-order valence-electron chi connectivity index (χ1n) is 5.68. The second-order valence-electron chi connectivity index (χ2n) is 2.31. The summed E-state index contributed by atoms with van der Waals surface area (Å²) in [5, 5.41) is 0. The minimum atomic E-state index is -2.24. The molecule has 1 aliphatic heterocycles. The molecule has 1 fully saturated rings. The van der Waals surface area contributed by atoms with Crippen LogP contribution < -0.4 is 0 Å². The Morgan fingerprint density at radius 1 is 1.89 bits per heavy atom. The monoisotopic (exact) mass is 152 g/mol. The number of halogens is 1. The van der Waals surface area contributed by atoms with E-state index in [0.717, 1.165) is 12.8 Å². The van der Waals surface area contributed by atoms with Crippen molar-refractivity contribution in [3.63, 3.8) is 0 Å². The first-order valence-corrected chi connectivity index (χ1v) is 3.56. The molecule has 1 rings (SSSR count). The fourth-order valence-electron chi connectivity index (χ4n) is 1.04. The molecule has 0 N–H and O–H groups in total. The van der Waals surface area contributed by atoms with Crippen LogP contribution in [0.5, 0.6) is 0 Å². The number of alkyl halides is 1. The van der Waals surface area contributed by atoms with Crippen molar-refractivity contribution in [2.45, 2.75) is 25.3 Å². The van der Waals surface area contributed by atoms with Gasteiger partial charge < -0.3 is 4.90 Å². The van der Waals surface area contributed by atoms with Crippen LogP contribution in [0.15, 0.2) is 0 Å². The van der Waals surface area contributed by atoms with Gasteiger partial charge >= 0.3 is 0 Å². The zero-order valence-corrected chi connectivity index (χ0v) is 5.99. The molecule has 9 heavy (non-hydrogen) atoms. The van der Waals surface area contributed by atoms with Gasteiger partial charge in [0.15, 0.2) is 0 Å². The van der Waals surface area contributed by atoms with Crippen molar-refractivity contribution in [2.24, 2.45) is 0 Å². The van der Waals surface area contributed by atoms with Gasteiger partial charge in [-0.1, -0.05) is 6.42 Å². The van der Waals surface area contributed by atoms with Crippen LogP contribution >= 0.6 is 11.6 Å². The summed E-state index contributed by atoms with van der Waals surface area (Å²) in [5.74, 6) is -1.96. The van der Waals surface area contributed by atoms with Crippen LogP contribution in [0, 0.1) is 0 Å². The second kappa shape index (κ2) is 3.43. The topological polar surface area (TPSA) is 3.24 Å². The molecule has 0 aliphatic carbocycles. The molecule has 0 radical (unpaired) electrons. The molecular formula is C7H14ClN. The Bertz CT molecular complexity index is 177. The van der Waals surface area contributed by atoms with Crippen LogP contribution in [0.3, 0.4) is 0 Å². The summed E-state index contributed by atoms with van der Waals surface area (Å²) in [6.45, 7) is -1.85. The molecule has 1 unspecified atom stereocenters. The first-order chi connectivity index (χ1) is 6.23. The van der Waals surface area contributed by atoms with Gasteiger partial charge in [0.05, 0.1) is 0 Å². The Balaban J connectivity index is 2.80. The van der Waals surface area contributed by atoms with Crippen molar-refractivity contribution in [3.05, 3.63) is 0 Å². The van der Waals surface area contributed by atoms with Gasteiger partial charge in [-0.2, -0.15) is 0 Å². The summed E-state index contributed by atoms with van der Waals surface area (Å²) in [4.78, 5) is 1.20. The lowest BCUT2D eigenvalue weighted by Gasteiger charge is -2.30. The molecule has 0 aromatic rings. The number of hydrogen-bond donors (Lipinski definition) is 0. The van der Waals surface area contributed by atoms with Gasteiger partial charge in [0.1, 0.15) is 0 Å². The van der Waals surface area contributed by atoms with E-state index in [1.54, 1.807) is 0 Å². The number of likely N-dealkylation sites (tertiary alicyclic amines) is 1. The van der Waals surface area contributed by atoms with Gasteiger partial charge in [-0.25, -0.2) is 0 Å². The Morgan fingerprint density at radius 2 is 2.78 bits per heavy atom. The number of nitrogens with zero attached hydrogens (tertiary/aromatic N) is 1. The Kier molecular flexibility index (Phi) is 1.18. The zero-order valence-electron chi connectivity index (χ0n) is 10.2. The van der Waals surface area contributed by atoms with Gasteiger partial charge in [0.2, 0.25) is 0 Å². The predicted molar refractivity (Wildman–Crippen MR) is 41.0 cm³/mol. The molecule has 0 amide bonds. The summed E-state index contributed by atoms with van der Waals surface area (Å²) in [7, 11) is 0. The van der Waals surface area contributed by atoms with E-state index in [1.165, 1.54) is 4.90 Å². The maximum atomic E-state index is 7.38. The molecule has 0 aromatic heterocycles. The predicted octanol–water partition coefficient (Wildman–Crippen LogP) is 1.71. The molecule has 0 aromatic carbocycles. The fourth-order valence-corrected chi connectivity index (χ4v) is 1.27. The maximum absolute atomic E-state index is 7.38. The number of piperidine rings is 1. The van der Waals surface area contributed by atoms with Crippen molar-refractivity contribution in [1.82, 2.24) is 4.90 Å². The smallest absolute Gasteiger partial charge is 0.0452 e. The van der Waals surface area contributed by atoms with Crippen molar-refractivity contribution in [1.29, 1.82) is 0 Å². The van der Waals surface area contributed by atoms with Gasteiger partial charge in [-0.3, -0.25) is 0 Å². The van der Waals surface area contributed by atoms with Crippen molar-refractivity contribution >= 4 is 11.6 Å². The molecule has 1 saturated heterocycles. The van der Waals surface area contributed by atoms with Crippen LogP contribution in [0.1, 0.15) is 26.1 Å². The van der Waals surface area contributed by atoms with E-state index >= 15 is 0 Å². The minimum absolute atomic E-state index is 0.396. The molecule has 0 bridgehead atoms. The highest BCUT2D eigenvalue weighted by Gasteiger charge is 2.16. The number of rotatable bonds is 1. The molecule has 1 nitrogen and oxygen atoms in total. The average molecular weight is 153 g/mol. The lowest BCUT2D eigenvalue weighted by Crippen LogP contribution is -2.37. The zero-order chi connectivity index (χ0) is 11.0. The van der Waals surface area contributed by atoms with Crippen LogP contribution in [0.2, 0.25) is 0 Å². The lowest BCUT2D eigenvalue weighted by molar-refractivity contribution is 0.203. The molecular weight excluding hydrogens is 134 g/mol. The van der Waals surface area contributed by atoms with E-state index in [-0.39, 0.29) is 0 Å². The molecule has 1 aliphatic rings. The van der Waals surface area contributed by atoms with E-state index < -0.39 is 18.8 Å². The van der Waals surface area contributed by atoms with E-state index in [1.807, 2.05) is 0 Å². The standard InChI is InChI=1S/C7H14ClN/c1-9-5-3-2-4-7(9)6-8/h7H,2-6H2,1H3/i1D3,6D2. The average Bonchev–Trinajstić information content (AvgIpc) is 2.01. The van der Waals surface area contributed by atoms with E-state index in [4.69, 9.17) is 18.5 Å². The van der Waals surface area contributed by atoms with Gasteiger partial charge in [0.25, 0.3) is 0 Å². The largest absolute Gasteiger partial charge is 0.302 e. The fraction of sp³-hybridized carbons (Fsp3) is 1.00. The summed E-state index contributed by atoms with van der Waals surface area (Å²) in [5.41, 5.74) is 0. The molecule has 0 spiro atoms. The Hall–Kier alpha value is 0.250. The third kappa shape index (κ3) is 1.84. The highest BCUT2D eigenvalue weighted by Crippen LogP contribution is 2.15. The van der Waals surface area contributed by atoms with Crippen molar-refractivity contribution in [3.8, 4) is 0 Å². The van der Waals surface area contributed by atoms with Gasteiger partial charge in [-0.15, -0.1) is 11.6 Å². The van der Waals surface area contributed by atoms with Crippen LogP contribution in [0.25, 0.3) is 0 Å². The van der Waals surface area contributed by atoms with Crippen molar-refractivity contribution in [2.75, 3.05) is 19.4 Å². The highest BCUT2D eigenvalue weighted by atomic mass is 35.5. The Labute approximate surface area is 69.0 Å². The summed E-state index contributed by atoms with van der Waals surface area (Å²) in [6.07, 6.45) is 2.14. The SMILES string of the molecule is [2H]C([2H])(Cl)C1CCCCN1C([2H])([2H])[2H]. The van der Waals surface area contributed by atoms with Gasteiger partial charge in [-0.05, 0) is 26.4 Å². The van der Waals surface area contributed by atoms with Gasteiger partial charge in [0, 0.05) is 18.7 Å². The Morgan fingerprint density at radius 3 is 3.33 bits per heavy atom. The first kappa shape index (κ1) is 3.10. The van der Waals surface area contributed by atoms with E-state index in [0.29, 0.717) is 13.0 Å². The molecule has 54 valence electrons. The summed E-state index contributed by atoms with van der Waals surface area (Å²) < 4.78 is 36.6. The molecule has 2 heteroatoms. The number of hydrogen-bond acceptors (Lipinski definition) is 1. The van der Waals surface area contributed by atoms with Crippen LogP contribution in [-0.2, 0) is 0 Å². The van der Waals surface area contributed by atoms with E-state index in [2.05, 4.69) is 0 Å². The molecule has 1 heterocycles. The maximum Gasteiger partial charge on any atom is 0.0452 e. The summed E-state index contributed by atoms with van der Waals surface area (Å²) >= 11 is 5.55. The third-order valence-electron chi connectivity index (χ3n) is 1.63. The normalized spacial score (nSPS) is 41.9. The minimum Gasteiger partial charge on any atom is -0.302 e. The third-order valence-corrected chi connectivity index (χ3v) is 1.88. The lowest BCUT2D eigenvalue weighted by atomic mass is 10.1. The van der Waals surface area contributed by atoms with Crippen molar-refractivity contribution < 1.29 is 6.85 Å². The van der Waals surface area contributed by atoms with Crippen LogP contribution in [0.4, 0.5) is 0 Å². The quantitative estimate of drug-likeness (QED) is 0.518. The van der Waals surface area contributed by atoms with E-state index in [9.17, 15) is 0 Å². The molecule has 1 atom stereocenters. The van der Waals surface area contributed by atoms with Crippen LogP contribution in [-0.4, -0.2) is 30.3 Å². The molecule has 0 saturated carbocycles. The summed E-state index contributed by atoms with van der Waals surface area (Å²) in [6, 6.07) is -0.703. The second-order valence-corrected chi connectivity index (χ2v) is 2.53. The highest BCUT2D eigenvalue weighted by molar-refractivity contribution is 6.18.